The molecule has 0 radical (unpaired) electrons. The molecule has 20 heavy (non-hydrogen) atoms. The van der Waals surface area contributed by atoms with E-state index in [1.165, 1.54) is 32.6 Å². The van der Waals surface area contributed by atoms with Crippen molar-refractivity contribution in [3.8, 4) is 0 Å². The van der Waals surface area contributed by atoms with Gasteiger partial charge in [0.05, 0.1) is 0 Å². The highest BCUT2D eigenvalue weighted by molar-refractivity contribution is 5.93. The van der Waals surface area contributed by atoms with E-state index in [9.17, 15) is 9.59 Å². The Hall–Kier alpha value is -1.84. The zero-order valence-corrected chi connectivity index (χ0v) is 12.2. The monoisotopic (exact) mass is 274 g/mol. The fourth-order valence-electron chi connectivity index (χ4n) is 2.64. The van der Waals surface area contributed by atoms with E-state index in [-0.39, 0.29) is 11.8 Å². The number of rotatable bonds is 4. The van der Waals surface area contributed by atoms with E-state index in [1.807, 2.05) is 24.3 Å². The van der Waals surface area contributed by atoms with Gasteiger partial charge in [-0.25, -0.2) is 0 Å². The third-order valence-corrected chi connectivity index (χ3v) is 3.96. The van der Waals surface area contributed by atoms with Gasteiger partial charge >= 0.3 is 0 Å². The summed E-state index contributed by atoms with van der Waals surface area (Å²) >= 11 is 0. The summed E-state index contributed by atoms with van der Waals surface area (Å²) in [4.78, 5) is 24.7. The molecule has 4 heteroatoms. The molecule has 1 saturated carbocycles. The quantitative estimate of drug-likeness (QED) is 0.916. The molecule has 1 aliphatic carbocycles. The second kappa shape index (κ2) is 6.55. The average molecular weight is 274 g/mol. The van der Waals surface area contributed by atoms with Crippen LogP contribution in [0.5, 0.6) is 0 Å². The Bertz CT molecular complexity index is 476. The van der Waals surface area contributed by atoms with E-state index in [2.05, 4.69) is 5.32 Å². The van der Waals surface area contributed by atoms with Gasteiger partial charge in [0.1, 0.15) is 0 Å². The van der Waals surface area contributed by atoms with Gasteiger partial charge in [-0.05, 0) is 43.0 Å². The molecule has 2 rings (SSSR count). The normalized spacial score (nSPS) is 15.1. The fourth-order valence-corrected chi connectivity index (χ4v) is 2.64. The molecule has 0 spiro atoms. The first-order valence-electron chi connectivity index (χ1n) is 7.20. The number of nitrogens with zero attached hydrogens (tertiary/aromatic N) is 1. The first-order valence-corrected chi connectivity index (χ1v) is 7.20. The molecule has 2 amide bonds. The van der Waals surface area contributed by atoms with Crippen molar-refractivity contribution in [2.45, 2.75) is 39.0 Å². The van der Waals surface area contributed by atoms with Crippen molar-refractivity contribution in [3.05, 3.63) is 24.3 Å². The molecule has 0 aliphatic heterocycles. The third-order valence-electron chi connectivity index (χ3n) is 3.96. The van der Waals surface area contributed by atoms with Gasteiger partial charge in [0.2, 0.25) is 11.8 Å². The zero-order valence-electron chi connectivity index (χ0n) is 12.2. The van der Waals surface area contributed by atoms with Crippen molar-refractivity contribution in [1.82, 2.24) is 0 Å². The van der Waals surface area contributed by atoms with Crippen molar-refractivity contribution in [2.75, 3.05) is 17.3 Å². The predicted octanol–water partition coefficient (Wildman–Crippen LogP) is 3.19. The number of carbonyl (C=O) groups excluding carboxylic acids is 2. The first-order chi connectivity index (χ1) is 9.56. The van der Waals surface area contributed by atoms with Gasteiger partial charge in [0.25, 0.3) is 0 Å². The topological polar surface area (TPSA) is 49.4 Å². The number of hydrogen-bond acceptors (Lipinski definition) is 2. The first kappa shape index (κ1) is 14.6. The third kappa shape index (κ3) is 3.83. The molecule has 0 unspecified atom stereocenters. The van der Waals surface area contributed by atoms with Gasteiger partial charge < -0.3 is 10.2 Å². The Labute approximate surface area is 120 Å². The summed E-state index contributed by atoms with van der Waals surface area (Å²) in [5.41, 5.74) is 1.61. The van der Waals surface area contributed by atoms with Crippen molar-refractivity contribution >= 4 is 23.2 Å². The van der Waals surface area contributed by atoms with Crippen molar-refractivity contribution < 1.29 is 9.59 Å². The van der Waals surface area contributed by atoms with E-state index in [1.54, 1.807) is 11.9 Å². The highest BCUT2D eigenvalue weighted by Crippen LogP contribution is 2.28. The van der Waals surface area contributed by atoms with Crippen LogP contribution in [0.25, 0.3) is 0 Å². The minimum absolute atomic E-state index is 0.0111. The number of carbonyl (C=O) groups is 2. The van der Waals surface area contributed by atoms with Crippen LogP contribution in [-0.2, 0) is 9.59 Å². The summed E-state index contributed by atoms with van der Waals surface area (Å²) in [6.07, 6.45) is 5.48. The molecule has 0 heterocycles. The lowest BCUT2D eigenvalue weighted by atomic mass is 10.0. The number of amides is 2. The van der Waals surface area contributed by atoms with Crippen LogP contribution in [0, 0.1) is 5.92 Å². The highest BCUT2D eigenvalue weighted by Gasteiger charge is 2.18. The maximum Gasteiger partial charge on any atom is 0.224 e. The molecule has 1 fully saturated rings. The van der Waals surface area contributed by atoms with Crippen LogP contribution in [0.3, 0.4) is 0 Å². The van der Waals surface area contributed by atoms with Gasteiger partial charge in [-0.3, -0.25) is 9.59 Å². The maximum atomic E-state index is 11.9. The highest BCUT2D eigenvalue weighted by atomic mass is 16.2. The summed E-state index contributed by atoms with van der Waals surface area (Å²) < 4.78 is 0. The smallest absolute Gasteiger partial charge is 0.224 e. The predicted molar refractivity (Wildman–Crippen MR) is 80.7 cm³/mol. The van der Waals surface area contributed by atoms with Gasteiger partial charge in [-0.15, -0.1) is 0 Å². The molecular formula is C16H22N2O2. The summed E-state index contributed by atoms with van der Waals surface area (Å²) in [6.45, 7) is 1.53. The fraction of sp³-hybridized carbons (Fsp3) is 0.500. The Kier molecular flexibility index (Phi) is 4.77. The van der Waals surface area contributed by atoms with Gasteiger partial charge in [0.15, 0.2) is 0 Å². The number of nitrogens with one attached hydrogen (secondary N) is 1. The van der Waals surface area contributed by atoms with Crippen LogP contribution in [0.2, 0.25) is 0 Å². The molecule has 0 saturated heterocycles. The largest absolute Gasteiger partial charge is 0.326 e. The van der Waals surface area contributed by atoms with Crippen LogP contribution in [0.15, 0.2) is 24.3 Å². The standard InChI is InChI=1S/C16H22N2O2/c1-12(19)18(2)15-9-7-14(8-10-15)17-16(20)11-13-5-3-4-6-13/h7-10,13H,3-6,11H2,1-2H3,(H,17,20). The average Bonchev–Trinajstić information content (AvgIpc) is 2.91. The molecule has 108 valence electrons. The number of hydrogen-bond donors (Lipinski definition) is 1. The zero-order chi connectivity index (χ0) is 14.5. The lowest BCUT2D eigenvalue weighted by Crippen LogP contribution is -2.22. The molecule has 0 atom stereocenters. The van der Waals surface area contributed by atoms with Crippen molar-refractivity contribution in [3.63, 3.8) is 0 Å². The van der Waals surface area contributed by atoms with Gasteiger partial charge in [0, 0.05) is 31.8 Å². The molecule has 1 aliphatic rings. The van der Waals surface area contributed by atoms with E-state index in [4.69, 9.17) is 0 Å². The minimum atomic E-state index is -0.0111. The number of benzene rings is 1. The van der Waals surface area contributed by atoms with E-state index >= 15 is 0 Å². The second-order valence-electron chi connectivity index (χ2n) is 5.53. The summed E-state index contributed by atoms with van der Waals surface area (Å²) in [7, 11) is 1.73. The molecule has 0 aromatic heterocycles. The summed E-state index contributed by atoms with van der Waals surface area (Å²) in [6, 6.07) is 7.35. The lowest BCUT2D eigenvalue weighted by molar-refractivity contribution is -0.117. The van der Waals surface area contributed by atoms with Crippen LogP contribution in [0.1, 0.15) is 39.0 Å². The van der Waals surface area contributed by atoms with E-state index < -0.39 is 0 Å². The molecule has 4 nitrogen and oxygen atoms in total. The summed E-state index contributed by atoms with van der Waals surface area (Å²) in [5.74, 6) is 0.630. The molecule has 1 aromatic carbocycles. The maximum absolute atomic E-state index is 11.9. The Morgan fingerprint density at radius 3 is 2.35 bits per heavy atom. The van der Waals surface area contributed by atoms with E-state index in [0.29, 0.717) is 12.3 Å². The van der Waals surface area contributed by atoms with Crippen molar-refractivity contribution in [2.24, 2.45) is 5.92 Å². The molecule has 0 bridgehead atoms. The van der Waals surface area contributed by atoms with Gasteiger partial charge in [-0.2, -0.15) is 0 Å². The van der Waals surface area contributed by atoms with Crippen LogP contribution < -0.4 is 10.2 Å². The Morgan fingerprint density at radius 2 is 1.80 bits per heavy atom. The molecule has 1 aromatic rings. The second-order valence-corrected chi connectivity index (χ2v) is 5.53. The van der Waals surface area contributed by atoms with Crippen LogP contribution in [0.4, 0.5) is 11.4 Å². The lowest BCUT2D eigenvalue weighted by Gasteiger charge is -2.15. The van der Waals surface area contributed by atoms with Crippen molar-refractivity contribution in [1.29, 1.82) is 0 Å². The summed E-state index contributed by atoms with van der Waals surface area (Å²) in [5, 5.41) is 2.92. The minimum Gasteiger partial charge on any atom is -0.326 e. The molecule has 1 N–H and O–H groups in total. The number of anilines is 2. The Morgan fingerprint density at radius 1 is 1.20 bits per heavy atom. The van der Waals surface area contributed by atoms with Crippen LogP contribution in [-0.4, -0.2) is 18.9 Å². The Balaban J connectivity index is 1.89. The van der Waals surface area contributed by atoms with Crippen LogP contribution >= 0.6 is 0 Å². The van der Waals surface area contributed by atoms with Gasteiger partial charge in [-0.1, -0.05) is 12.8 Å². The van der Waals surface area contributed by atoms with E-state index in [0.717, 1.165) is 11.4 Å². The molecular weight excluding hydrogens is 252 g/mol. The SMILES string of the molecule is CC(=O)N(C)c1ccc(NC(=O)CC2CCCC2)cc1.